The molecule has 112 valence electrons. The Labute approximate surface area is 122 Å². The molecule has 1 aromatic heterocycles. The molecule has 0 spiro atoms. The highest BCUT2D eigenvalue weighted by molar-refractivity contribution is 7.89. The lowest BCUT2D eigenvalue weighted by molar-refractivity contribution is -0.143. The Morgan fingerprint density at radius 2 is 2.25 bits per heavy atom. The Kier molecular flexibility index (Phi) is 4.36. The van der Waals surface area contributed by atoms with E-state index in [9.17, 15) is 13.2 Å². The summed E-state index contributed by atoms with van der Waals surface area (Å²) in [6.45, 7) is 1.58. The van der Waals surface area contributed by atoms with Crippen LogP contribution in [-0.4, -0.2) is 47.7 Å². The second-order valence-corrected chi connectivity index (χ2v) is 6.72. The van der Waals surface area contributed by atoms with Crippen LogP contribution in [0.2, 0.25) is 5.02 Å². The quantitative estimate of drug-likeness (QED) is 0.724. The summed E-state index contributed by atoms with van der Waals surface area (Å²) in [5.41, 5.74) is 0. The summed E-state index contributed by atoms with van der Waals surface area (Å²) in [5, 5.41) is 3.76. The van der Waals surface area contributed by atoms with Crippen LogP contribution in [-0.2, 0) is 26.6 Å². The molecule has 0 radical (unpaired) electrons. The highest BCUT2D eigenvalue weighted by Crippen LogP contribution is 2.33. The molecule has 1 heterocycles. The third kappa shape index (κ3) is 2.97. The van der Waals surface area contributed by atoms with E-state index >= 15 is 0 Å². The molecule has 1 aliphatic rings. The molecular weight excluding hydrogens is 306 g/mol. The summed E-state index contributed by atoms with van der Waals surface area (Å²) in [6, 6.07) is -0.171. The first-order chi connectivity index (χ1) is 9.37. The van der Waals surface area contributed by atoms with Crippen molar-refractivity contribution in [3.05, 3.63) is 11.2 Å². The predicted octanol–water partition coefficient (Wildman–Crippen LogP) is 0.790. The molecule has 0 unspecified atom stereocenters. The number of hydrogen-bond acceptors (Lipinski definition) is 5. The van der Waals surface area contributed by atoms with Gasteiger partial charge in [-0.1, -0.05) is 11.6 Å². The van der Waals surface area contributed by atoms with Gasteiger partial charge in [-0.2, -0.15) is 9.40 Å². The number of halogens is 1. The van der Waals surface area contributed by atoms with E-state index in [2.05, 4.69) is 5.10 Å². The standard InChI is InChI=1S/C11H16ClN3O4S/c1-3-19-10(16)7-15(8-4-5-8)20(17,18)11-9(12)6-13-14(11)2/h6,8H,3-5,7H2,1-2H3. The van der Waals surface area contributed by atoms with Gasteiger partial charge in [0, 0.05) is 13.1 Å². The topological polar surface area (TPSA) is 81.5 Å². The molecule has 7 nitrogen and oxygen atoms in total. The smallest absolute Gasteiger partial charge is 0.321 e. The van der Waals surface area contributed by atoms with Crippen LogP contribution in [0, 0.1) is 0 Å². The van der Waals surface area contributed by atoms with E-state index in [1.165, 1.54) is 17.9 Å². The van der Waals surface area contributed by atoms with Gasteiger partial charge < -0.3 is 4.74 Å². The lowest BCUT2D eigenvalue weighted by Gasteiger charge is -2.20. The van der Waals surface area contributed by atoms with Crippen LogP contribution in [0.1, 0.15) is 19.8 Å². The van der Waals surface area contributed by atoms with Gasteiger partial charge >= 0.3 is 5.97 Å². The summed E-state index contributed by atoms with van der Waals surface area (Å²) in [6.07, 6.45) is 2.73. The monoisotopic (exact) mass is 321 g/mol. The lowest BCUT2D eigenvalue weighted by atomic mass is 10.6. The van der Waals surface area contributed by atoms with Crippen molar-refractivity contribution < 1.29 is 17.9 Å². The Hall–Kier alpha value is -1.12. The van der Waals surface area contributed by atoms with E-state index < -0.39 is 16.0 Å². The van der Waals surface area contributed by atoms with Crippen molar-refractivity contribution in [1.82, 2.24) is 14.1 Å². The number of aryl methyl sites for hydroxylation is 1. The molecule has 0 bridgehead atoms. The maximum Gasteiger partial charge on any atom is 0.321 e. The van der Waals surface area contributed by atoms with Crippen molar-refractivity contribution in [2.45, 2.75) is 30.8 Å². The van der Waals surface area contributed by atoms with Gasteiger partial charge in [-0.3, -0.25) is 9.48 Å². The van der Waals surface area contributed by atoms with E-state index in [4.69, 9.17) is 16.3 Å². The molecule has 2 rings (SSSR count). The molecule has 1 fully saturated rings. The summed E-state index contributed by atoms with van der Waals surface area (Å²) in [4.78, 5) is 11.6. The zero-order chi connectivity index (χ0) is 14.9. The fraction of sp³-hybridized carbons (Fsp3) is 0.636. The molecule has 1 saturated carbocycles. The molecule has 0 aliphatic heterocycles. The Morgan fingerprint density at radius 3 is 2.70 bits per heavy atom. The Morgan fingerprint density at radius 1 is 1.60 bits per heavy atom. The second kappa shape index (κ2) is 5.71. The number of aromatic nitrogens is 2. The highest BCUT2D eigenvalue weighted by Gasteiger charge is 2.41. The van der Waals surface area contributed by atoms with Gasteiger partial charge in [-0.05, 0) is 19.8 Å². The number of ether oxygens (including phenoxy) is 1. The van der Waals surface area contributed by atoms with Crippen LogP contribution in [0.4, 0.5) is 0 Å². The van der Waals surface area contributed by atoms with E-state index in [1.807, 2.05) is 0 Å². The Balaban J connectivity index is 2.31. The van der Waals surface area contributed by atoms with Crippen molar-refractivity contribution in [2.75, 3.05) is 13.2 Å². The minimum Gasteiger partial charge on any atom is -0.465 e. The maximum atomic E-state index is 12.6. The number of rotatable bonds is 6. The first kappa shape index (κ1) is 15.3. The lowest BCUT2D eigenvalue weighted by Crippen LogP contribution is -2.39. The van der Waals surface area contributed by atoms with Gasteiger partial charge in [0.05, 0.1) is 17.8 Å². The number of carbonyl (C=O) groups is 1. The highest BCUT2D eigenvalue weighted by atomic mass is 35.5. The van der Waals surface area contributed by atoms with Crippen LogP contribution in [0.25, 0.3) is 0 Å². The number of hydrogen-bond donors (Lipinski definition) is 0. The van der Waals surface area contributed by atoms with Gasteiger partial charge in [-0.15, -0.1) is 0 Å². The third-order valence-corrected chi connectivity index (χ3v) is 5.35. The van der Waals surface area contributed by atoms with Crippen LogP contribution in [0.15, 0.2) is 11.2 Å². The van der Waals surface area contributed by atoms with Crippen LogP contribution >= 0.6 is 11.6 Å². The number of esters is 1. The van der Waals surface area contributed by atoms with Crippen molar-refractivity contribution in [3.8, 4) is 0 Å². The average molecular weight is 322 g/mol. The summed E-state index contributed by atoms with van der Waals surface area (Å²) >= 11 is 5.89. The van der Waals surface area contributed by atoms with Gasteiger partial charge in [0.2, 0.25) is 0 Å². The molecule has 0 N–H and O–H groups in total. The van der Waals surface area contributed by atoms with Crippen molar-refractivity contribution in [3.63, 3.8) is 0 Å². The minimum atomic E-state index is -3.87. The molecule has 0 aromatic carbocycles. The van der Waals surface area contributed by atoms with Gasteiger partial charge in [-0.25, -0.2) is 8.42 Å². The second-order valence-electron chi connectivity index (χ2n) is 4.51. The molecule has 9 heteroatoms. The molecule has 0 amide bonds. The van der Waals surface area contributed by atoms with Crippen LogP contribution < -0.4 is 0 Å². The zero-order valence-corrected chi connectivity index (χ0v) is 12.8. The molecule has 0 atom stereocenters. The fourth-order valence-corrected chi connectivity index (χ4v) is 4.15. The average Bonchev–Trinajstić information content (AvgIpc) is 3.12. The first-order valence-electron chi connectivity index (χ1n) is 6.23. The largest absolute Gasteiger partial charge is 0.465 e. The molecule has 1 aromatic rings. The van der Waals surface area contributed by atoms with Gasteiger partial charge in [0.15, 0.2) is 5.03 Å². The number of sulfonamides is 1. The summed E-state index contributed by atoms with van der Waals surface area (Å²) in [5.74, 6) is -0.568. The van der Waals surface area contributed by atoms with Crippen LogP contribution in [0.5, 0.6) is 0 Å². The van der Waals surface area contributed by atoms with Crippen molar-refractivity contribution >= 4 is 27.6 Å². The molecule has 20 heavy (non-hydrogen) atoms. The zero-order valence-electron chi connectivity index (χ0n) is 11.2. The SMILES string of the molecule is CCOC(=O)CN(C1CC1)S(=O)(=O)c1c(Cl)cnn1C. The van der Waals surface area contributed by atoms with E-state index in [-0.39, 0.29) is 29.2 Å². The molecule has 0 saturated heterocycles. The predicted molar refractivity (Wildman–Crippen MR) is 71.8 cm³/mol. The van der Waals surface area contributed by atoms with E-state index in [0.717, 1.165) is 17.1 Å². The molecule has 1 aliphatic carbocycles. The normalized spacial score (nSPS) is 15.6. The summed E-state index contributed by atoms with van der Waals surface area (Å²) in [7, 11) is -2.37. The van der Waals surface area contributed by atoms with Gasteiger partial charge in [0.25, 0.3) is 10.0 Å². The first-order valence-corrected chi connectivity index (χ1v) is 8.04. The van der Waals surface area contributed by atoms with Crippen molar-refractivity contribution in [2.24, 2.45) is 7.05 Å². The van der Waals surface area contributed by atoms with E-state index in [0.29, 0.717) is 0 Å². The Bertz CT molecular complexity index is 590. The fourth-order valence-electron chi connectivity index (χ4n) is 1.91. The van der Waals surface area contributed by atoms with Crippen molar-refractivity contribution in [1.29, 1.82) is 0 Å². The van der Waals surface area contributed by atoms with E-state index in [1.54, 1.807) is 6.92 Å². The third-order valence-electron chi connectivity index (χ3n) is 2.94. The number of nitrogens with zero attached hydrogens (tertiary/aromatic N) is 3. The summed E-state index contributed by atoms with van der Waals surface area (Å²) < 4.78 is 32.4. The number of carbonyl (C=O) groups excluding carboxylic acids is 1. The van der Waals surface area contributed by atoms with Gasteiger partial charge in [0.1, 0.15) is 6.54 Å². The molecular formula is C11H16ClN3O4S. The van der Waals surface area contributed by atoms with Crippen LogP contribution in [0.3, 0.4) is 0 Å². The maximum absolute atomic E-state index is 12.6. The minimum absolute atomic E-state index is 0.0435.